The van der Waals surface area contributed by atoms with Gasteiger partial charge in [-0.15, -0.1) is 0 Å². The summed E-state index contributed by atoms with van der Waals surface area (Å²) in [4.78, 5) is 38.3. The van der Waals surface area contributed by atoms with E-state index in [4.69, 9.17) is 14.2 Å². The number of allylic oxidation sites excluding steroid dienone is 8. The van der Waals surface area contributed by atoms with Crippen molar-refractivity contribution in [2.75, 3.05) is 13.2 Å². The average Bonchev–Trinajstić information content (AvgIpc) is 3.38. The summed E-state index contributed by atoms with van der Waals surface area (Å²) in [6, 6.07) is 0. The molecule has 0 saturated heterocycles. The van der Waals surface area contributed by atoms with Gasteiger partial charge in [-0.1, -0.05) is 281 Å². The molecule has 6 heteroatoms. The van der Waals surface area contributed by atoms with Crippen molar-refractivity contribution in [2.24, 2.45) is 0 Å². The molecule has 0 aliphatic rings. The van der Waals surface area contributed by atoms with Crippen molar-refractivity contribution >= 4 is 17.9 Å². The first-order valence-corrected chi connectivity index (χ1v) is 31.6. The third-order valence-electron chi connectivity index (χ3n) is 14.1. The van der Waals surface area contributed by atoms with Crippen LogP contribution in [0.15, 0.2) is 48.6 Å². The van der Waals surface area contributed by atoms with E-state index in [1.54, 1.807) is 0 Å². The molecule has 0 aromatic rings. The van der Waals surface area contributed by atoms with Gasteiger partial charge < -0.3 is 14.2 Å². The van der Waals surface area contributed by atoms with Crippen molar-refractivity contribution in [1.29, 1.82) is 0 Å². The maximum absolute atomic E-state index is 12.9. The molecule has 1 unspecified atom stereocenters. The fourth-order valence-electron chi connectivity index (χ4n) is 9.27. The van der Waals surface area contributed by atoms with E-state index in [9.17, 15) is 14.4 Å². The van der Waals surface area contributed by atoms with Crippen LogP contribution in [0.2, 0.25) is 0 Å². The van der Waals surface area contributed by atoms with Crippen molar-refractivity contribution in [3.8, 4) is 0 Å². The van der Waals surface area contributed by atoms with Crippen LogP contribution in [0.25, 0.3) is 0 Å². The van der Waals surface area contributed by atoms with Crippen molar-refractivity contribution in [3.63, 3.8) is 0 Å². The quantitative estimate of drug-likeness (QED) is 0.0261. The van der Waals surface area contributed by atoms with Crippen molar-refractivity contribution < 1.29 is 28.6 Å². The number of unbranched alkanes of at least 4 members (excludes halogenated alkanes) is 39. The minimum absolute atomic E-state index is 0.0776. The fraction of sp³-hybridized carbons (Fsp3) is 0.833. The smallest absolute Gasteiger partial charge is 0.306 e. The van der Waals surface area contributed by atoms with Crippen LogP contribution in [0, 0.1) is 0 Å². The first kappa shape index (κ1) is 69.4. The largest absolute Gasteiger partial charge is 0.462 e. The Balaban J connectivity index is 4.34. The molecule has 0 fully saturated rings. The van der Waals surface area contributed by atoms with E-state index in [0.29, 0.717) is 19.3 Å². The number of ether oxygens (including phenoxy) is 3. The van der Waals surface area contributed by atoms with Crippen LogP contribution in [0.4, 0.5) is 0 Å². The van der Waals surface area contributed by atoms with E-state index < -0.39 is 6.10 Å². The third kappa shape index (κ3) is 58.3. The van der Waals surface area contributed by atoms with E-state index in [1.807, 2.05) is 0 Å². The summed E-state index contributed by atoms with van der Waals surface area (Å²) < 4.78 is 16.9. The summed E-state index contributed by atoms with van der Waals surface area (Å²) in [5, 5.41) is 0. The number of carbonyl (C=O) groups is 3. The van der Waals surface area contributed by atoms with E-state index >= 15 is 0 Å². The molecule has 420 valence electrons. The fourth-order valence-corrected chi connectivity index (χ4v) is 9.27. The molecule has 0 aliphatic carbocycles. The van der Waals surface area contributed by atoms with Gasteiger partial charge in [0.25, 0.3) is 0 Å². The van der Waals surface area contributed by atoms with Gasteiger partial charge in [-0.2, -0.15) is 0 Å². The van der Waals surface area contributed by atoms with E-state index in [2.05, 4.69) is 69.4 Å². The van der Waals surface area contributed by atoms with E-state index in [1.165, 1.54) is 205 Å². The predicted molar refractivity (Wildman–Crippen MR) is 312 cm³/mol. The van der Waals surface area contributed by atoms with Crippen LogP contribution in [-0.2, 0) is 28.6 Å². The highest BCUT2D eigenvalue weighted by atomic mass is 16.6. The van der Waals surface area contributed by atoms with Gasteiger partial charge in [0.2, 0.25) is 0 Å². The van der Waals surface area contributed by atoms with Gasteiger partial charge in [-0.3, -0.25) is 14.4 Å². The van der Waals surface area contributed by atoms with Crippen LogP contribution in [0.5, 0.6) is 0 Å². The number of hydrogen-bond acceptors (Lipinski definition) is 6. The second kappa shape index (κ2) is 60.9. The highest BCUT2D eigenvalue weighted by molar-refractivity contribution is 5.71. The molecule has 0 rings (SSSR count). The molecule has 0 radical (unpaired) electrons. The maximum atomic E-state index is 12.9. The van der Waals surface area contributed by atoms with Gasteiger partial charge in [0.05, 0.1) is 0 Å². The standard InChI is InChI=1S/C66H120O6/c1-4-7-10-13-16-19-22-25-28-31-32-33-34-36-38-41-44-47-50-53-56-59-65(68)71-62-63(61-70-64(67)58-55-52-49-46-43-40-37-30-27-24-21-18-15-12-9-6-3)72-66(69)60-57-54-51-48-45-42-39-35-29-26-23-20-17-14-11-8-5-2/h17,20-21,24,26,29-30,37,63H,4-16,18-19,22-23,25,27-28,31-36,38-62H2,1-3H3/b20-17-,24-21-,29-26-,37-30-. The first-order valence-electron chi connectivity index (χ1n) is 31.6. The summed E-state index contributed by atoms with van der Waals surface area (Å²) in [5.41, 5.74) is 0. The molecule has 0 heterocycles. The minimum Gasteiger partial charge on any atom is -0.462 e. The number of carbonyl (C=O) groups excluding carboxylic acids is 3. The molecule has 0 aromatic heterocycles. The summed E-state index contributed by atoms with van der Waals surface area (Å²) in [6.45, 7) is 6.63. The predicted octanol–water partition coefficient (Wildman–Crippen LogP) is 21.4. The average molecular weight is 1010 g/mol. The van der Waals surface area contributed by atoms with Gasteiger partial charge in [-0.25, -0.2) is 0 Å². The lowest BCUT2D eigenvalue weighted by Crippen LogP contribution is -2.30. The van der Waals surface area contributed by atoms with Gasteiger partial charge in [-0.05, 0) is 83.5 Å². The summed E-state index contributed by atoms with van der Waals surface area (Å²) >= 11 is 0. The molecular weight excluding hydrogens is 889 g/mol. The molecule has 0 amide bonds. The Hall–Kier alpha value is -2.63. The molecule has 1 atom stereocenters. The molecule has 0 bridgehead atoms. The zero-order valence-corrected chi connectivity index (χ0v) is 48.2. The molecule has 0 N–H and O–H groups in total. The molecule has 0 spiro atoms. The Morgan fingerprint density at radius 2 is 0.500 bits per heavy atom. The normalized spacial score (nSPS) is 12.3. The molecule has 0 aromatic carbocycles. The van der Waals surface area contributed by atoms with Crippen molar-refractivity contribution in [1.82, 2.24) is 0 Å². The van der Waals surface area contributed by atoms with Crippen LogP contribution in [0.3, 0.4) is 0 Å². The first-order chi connectivity index (χ1) is 35.5. The number of hydrogen-bond donors (Lipinski definition) is 0. The minimum atomic E-state index is -0.782. The van der Waals surface area contributed by atoms with Gasteiger partial charge >= 0.3 is 17.9 Å². The van der Waals surface area contributed by atoms with E-state index in [0.717, 1.165) is 89.9 Å². The molecule has 0 saturated carbocycles. The van der Waals surface area contributed by atoms with E-state index in [-0.39, 0.29) is 31.1 Å². The Morgan fingerprint density at radius 1 is 0.278 bits per heavy atom. The van der Waals surface area contributed by atoms with Crippen molar-refractivity contribution in [2.45, 2.75) is 341 Å². The Bertz CT molecular complexity index is 1250. The highest BCUT2D eigenvalue weighted by Crippen LogP contribution is 2.17. The maximum Gasteiger partial charge on any atom is 0.306 e. The summed E-state index contributed by atoms with van der Waals surface area (Å²) in [5.74, 6) is -0.880. The van der Waals surface area contributed by atoms with Crippen molar-refractivity contribution in [3.05, 3.63) is 48.6 Å². The Kier molecular flexibility index (Phi) is 58.7. The lowest BCUT2D eigenvalue weighted by molar-refractivity contribution is -0.167. The zero-order chi connectivity index (χ0) is 52.2. The van der Waals surface area contributed by atoms with Gasteiger partial charge in [0.15, 0.2) is 6.10 Å². The highest BCUT2D eigenvalue weighted by Gasteiger charge is 2.19. The number of esters is 3. The monoisotopic (exact) mass is 1010 g/mol. The second-order valence-electron chi connectivity index (χ2n) is 21.3. The SMILES string of the molecule is CCCCC/C=C\C/C=C\CCCCCCCCCC(=O)OC(COC(=O)CCCCCCC/C=C\C/C=C\CCCCCC)COC(=O)CCCCCCCCCCCCCCCCCCCCCCC. The van der Waals surface area contributed by atoms with Gasteiger partial charge in [0.1, 0.15) is 13.2 Å². The number of rotatable bonds is 58. The lowest BCUT2D eigenvalue weighted by Gasteiger charge is -2.18. The van der Waals surface area contributed by atoms with Crippen LogP contribution < -0.4 is 0 Å². The second-order valence-corrected chi connectivity index (χ2v) is 21.3. The van der Waals surface area contributed by atoms with Crippen LogP contribution in [0.1, 0.15) is 335 Å². The third-order valence-corrected chi connectivity index (χ3v) is 14.1. The molecular formula is C66H120O6. The topological polar surface area (TPSA) is 78.9 Å². The Morgan fingerprint density at radius 3 is 0.806 bits per heavy atom. The molecule has 0 aliphatic heterocycles. The molecule has 6 nitrogen and oxygen atoms in total. The van der Waals surface area contributed by atoms with Crippen LogP contribution >= 0.6 is 0 Å². The van der Waals surface area contributed by atoms with Gasteiger partial charge in [0, 0.05) is 19.3 Å². The molecule has 72 heavy (non-hydrogen) atoms. The summed E-state index contributed by atoms with van der Waals surface area (Å²) in [7, 11) is 0. The van der Waals surface area contributed by atoms with Crippen LogP contribution in [-0.4, -0.2) is 37.2 Å². The summed E-state index contributed by atoms with van der Waals surface area (Å²) in [6.07, 6.45) is 75.4. The zero-order valence-electron chi connectivity index (χ0n) is 48.2. The lowest BCUT2D eigenvalue weighted by atomic mass is 10.0. The Labute approximate surface area is 448 Å².